The summed E-state index contributed by atoms with van der Waals surface area (Å²) < 4.78 is 8.00. The first kappa shape index (κ1) is 15.0. The third-order valence-corrected chi connectivity index (χ3v) is 6.77. The number of rotatable bonds is 6. The maximum absolute atomic E-state index is 5.66. The highest BCUT2D eigenvalue weighted by molar-refractivity contribution is 9.13. The third kappa shape index (κ3) is 4.04. The van der Waals surface area contributed by atoms with Crippen molar-refractivity contribution >= 4 is 43.2 Å². The quantitative estimate of drug-likeness (QED) is 0.739. The first-order valence-corrected chi connectivity index (χ1v) is 8.84. The van der Waals surface area contributed by atoms with E-state index >= 15 is 0 Å². The lowest BCUT2D eigenvalue weighted by atomic mass is 10.0. The van der Waals surface area contributed by atoms with E-state index < -0.39 is 0 Å². The van der Waals surface area contributed by atoms with Gasteiger partial charge in [0.25, 0.3) is 0 Å². The van der Waals surface area contributed by atoms with Crippen LogP contribution in [0.15, 0.2) is 14.3 Å². The summed E-state index contributed by atoms with van der Waals surface area (Å²) in [6, 6.07) is 2.67. The molecular weight excluding hydrogens is 378 g/mol. The van der Waals surface area contributed by atoms with Gasteiger partial charge in [-0.2, -0.15) is 0 Å². The van der Waals surface area contributed by atoms with Gasteiger partial charge in [-0.15, -0.1) is 11.3 Å². The zero-order valence-corrected chi connectivity index (χ0v) is 14.5. The van der Waals surface area contributed by atoms with E-state index in [-0.39, 0.29) is 0 Å². The molecule has 0 radical (unpaired) electrons. The van der Waals surface area contributed by atoms with E-state index in [1.54, 1.807) is 11.3 Å². The van der Waals surface area contributed by atoms with E-state index in [9.17, 15) is 0 Å². The molecule has 0 aromatic carbocycles. The number of hydrogen-bond donors (Lipinski definition) is 1. The minimum absolute atomic E-state index is 0.457. The normalized spacial score (nSPS) is 21.4. The van der Waals surface area contributed by atoms with Crippen LogP contribution in [0.4, 0.5) is 0 Å². The summed E-state index contributed by atoms with van der Waals surface area (Å²) in [4.78, 5) is 1.39. The zero-order valence-electron chi connectivity index (χ0n) is 10.5. The Balaban J connectivity index is 1.81. The van der Waals surface area contributed by atoms with E-state index in [0.29, 0.717) is 12.1 Å². The minimum Gasteiger partial charge on any atom is -0.378 e. The molecule has 5 heteroatoms. The van der Waals surface area contributed by atoms with Gasteiger partial charge < -0.3 is 10.1 Å². The fraction of sp³-hybridized carbons (Fsp3) is 0.692. The molecule has 2 unspecified atom stereocenters. The molecule has 1 aromatic heterocycles. The molecule has 2 rings (SSSR count). The van der Waals surface area contributed by atoms with Gasteiger partial charge in [0.2, 0.25) is 0 Å². The smallest absolute Gasteiger partial charge is 0.0843 e. The summed E-state index contributed by atoms with van der Waals surface area (Å²) in [6.45, 7) is 0.963. The van der Waals surface area contributed by atoms with E-state index in [0.717, 1.165) is 11.1 Å². The molecule has 1 aliphatic heterocycles. The van der Waals surface area contributed by atoms with Crippen molar-refractivity contribution in [3.05, 3.63) is 19.2 Å². The lowest BCUT2D eigenvalue weighted by Gasteiger charge is -2.15. The van der Waals surface area contributed by atoms with Crippen molar-refractivity contribution in [3.8, 4) is 0 Å². The molecule has 102 valence electrons. The van der Waals surface area contributed by atoms with Crippen LogP contribution in [-0.2, 0) is 4.74 Å². The fourth-order valence-corrected chi connectivity index (χ4v) is 4.62. The fourth-order valence-electron chi connectivity index (χ4n) is 2.39. The van der Waals surface area contributed by atoms with Crippen LogP contribution < -0.4 is 5.32 Å². The summed E-state index contributed by atoms with van der Waals surface area (Å²) in [7, 11) is 2.04. The Labute approximate surface area is 130 Å². The molecule has 2 atom stereocenters. The molecule has 2 heterocycles. The second-order valence-electron chi connectivity index (χ2n) is 4.68. The van der Waals surface area contributed by atoms with E-state index in [1.807, 2.05) is 7.05 Å². The van der Waals surface area contributed by atoms with Gasteiger partial charge in [-0.3, -0.25) is 0 Å². The highest BCUT2D eigenvalue weighted by Crippen LogP contribution is 2.37. The van der Waals surface area contributed by atoms with Crippen LogP contribution >= 0.6 is 43.2 Å². The lowest BCUT2D eigenvalue weighted by Crippen LogP contribution is -2.16. The van der Waals surface area contributed by atoms with Crippen LogP contribution in [0.25, 0.3) is 0 Å². The Kier molecular flexibility index (Phi) is 6.15. The van der Waals surface area contributed by atoms with E-state index in [1.165, 1.54) is 40.8 Å². The van der Waals surface area contributed by atoms with Gasteiger partial charge in [-0.05, 0) is 77.1 Å². The molecule has 0 saturated carbocycles. The molecule has 0 bridgehead atoms. The first-order valence-electron chi connectivity index (χ1n) is 6.44. The SMILES string of the molecule is CNC(CCCC1CCCO1)c1cc(Br)c(Br)s1. The van der Waals surface area contributed by atoms with Gasteiger partial charge in [0, 0.05) is 22.0 Å². The second-order valence-corrected chi connectivity index (χ2v) is 7.93. The van der Waals surface area contributed by atoms with Crippen molar-refractivity contribution in [2.45, 2.75) is 44.2 Å². The molecule has 1 N–H and O–H groups in total. The predicted molar refractivity (Wildman–Crippen MR) is 84.3 cm³/mol. The first-order chi connectivity index (χ1) is 8.70. The maximum Gasteiger partial charge on any atom is 0.0843 e. The van der Waals surface area contributed by atoms with E-state index in [2.05, 4.69) is 43.2 Å². The van der Waals surface area contributed by atoms with Gasteiger partial charge >= 0.3 is 0 Å². The summed E-state index contributed by atoms with van der Waals surface area (Å²) in [5.74, 6) is 0. The molecule has 1 fully saturated rings. The van der Waals surface area contributed by atoms with Crippen LogP contribution in [-0.4, -0.2) is 19.8 Å². The Bertz CT molecular complexity index is 358. The van der Waals surface area contributed by atoms with Crippen molar-refractivity contribution in [3.63, 3.8) is 0 Å². The summed E-state index contributed by atoms with van der Waals surface area (Å²) in [5.41, 5.74) is 0. The molecule has 1 aliphatic rings. The second kappa shape index (κ2) is 7.39. The van der Waals surface area contributed by atoms with Crippen molar-refractivity contribution < 1.29 is 4.74 Å². The van der Waals surface area contributed by atoms with Crippen LogP contribution in [0.2, 0.25) is 0 Å². The molecule has 1 aromatic rings. The van der Waals surface area contributed by atoms with Crippen LogP contribution in [0.1, 0.15) is 43.0 Å². The van der Waals surface area contributed by atoms with E-state index in [4.69, 9.17) is 4.74 Å². The van der Waals surface area contributed by atoms with Crippen LogP contribution in [0, 0.1) is 0 Å². The maximum atomic E-state index is 5.66. The largest absolute Gasteiger partial charge is 0.378 e. The Morgan fingerprint density at radius 1 is 1.56 bits per heavy atom. The average Bonchev–Trinajstić information content (AvgIpc) is 2.96. The van der Waals surface area contributed by atoms with Gasteiger partial charge in [0.15, 0.2) is 0 Å². The number of halogens is 2. The number of nitrogens with one attached hydrogen (secondary N) is 1. The highest BCUT2D eigenvalue weighted by Gasteiger charge is 2.17. The monoisotopic (exact) mass is 395 g/mol. The van der Waals surface area contributed by atoms with Crippen molar-refractivity contribution in [2.75, 3.05) is 13.7 Å². The Hall–Kier alpha value is 0.580. The molecule has 1 saturated heterocycles. The van der Waals surface area contributed by atoms with Gasteiger partial charge in [-0.1, -0.05) is 0 Å². The summed E-state index contributed by atoms with van der Waals surface area (Å²) >= 11 is 8.92. The molecule has 18 heavy (non-hydrogen) atoms. The lowest BCUT2D eigenvalue weighted by molar-refractivity contribution is 0.101. The van der Waals surface area contributed by atoms with Gasteiger partial charge in [0.05, 0.1) is 9.89 Å². The number of thiophene rings is 1. The molecule has 0 aliphatic carbocycles. The third-order valence-electron chi connectivity index (χ3n) is 3.40. The summed E-state index contributed by atoms with van der Waals surface area (Å²) in [6.07, 6.45) is 6.61. The summed E-state index contributed by atoms with van der Waals surface area (Å²) in [5, 5.41) is 3.41. The number of hydrogen-bond acceptors (Lipinski definition) is 3. The highest BCUT2D eigenvalue weighted by atomic mass is 79.9. The Morgan fingerprint density at radius 2 is 2.39 bits per heavy atom. The van der Waals surface area contributed by atoms with Crippen molar-refractivity contribution in [2.24, 2.45) is 0 Å². The molecular formula is C13H19Br2NOS. The molecule has 2 nitrogen and oxygen atoms in total. The van der Waals surface area contributed by atoms with Crippen LogP contribution in [0.5, 0.6) is 0 Å². The molecule has 0 spiro atoms. The van der Waals surface area contributed by atoms with Gasteiger partial charge in [0.1, 0.15) is 0 Å². The van der Waals surface area contributed by atoms with Crippen molar-refractivity contribution in [1.82, 2.24) is 5.32 Å². The number of ether oxygens (including phenoxy) is 1. The Morgan fingerprint density at radius 3 is 2.94 bits per heavy atom. The zero-order chi connectivity index (χ0) is 13.0. The predicted octanol–water partition coefficient (Wildman–Crippen LogP) is 4.88. The average molecular weight is 397 g/mol. The van der Waals surface area contributed by atoms with Crippen molar-refractivity contribution in [1.29, 1.82) is 0 Å². The van der Waals surface area contributed by atoms with Crippen LogP contribution in [0.3, 0.4) is 0 Å². The standard InChI is InChI=1S/C13H19Br2NOS/c1-16-11(12-8-10(14)13(15)18-12)6-2-4-9-5-3-7-17-9/h8-9,11,16H,2-7H2,1H3. The molecule has 0 amide bonds. The topological polar surface area (TPSA) is 21.3 Å². The van der Waals surface area contributed by atoms with Gasteiger partial charge in [-0.25, -0.2) is 0 Å². The minimum atomic E-state index is 0.457.